The Balaban J connectivity index is 2.01. The van der Waals surface area contributed by atoms with Gasteiger partial charge in [-0.25, -0.2) is 0 Å². The zero-order chi connectivity index (χ0) is 10.0. The normalized spacial score (nSPS) is 20.7. The number of hydrogen-bond acceptors (Lipinski definition) is 3. The predicted octanol–water partition coefficient (Wildman–Crippen LogP) is 2.58. The molecule has 1 aliphatic heterocycles. The van der Waals surface area contributed by atoms with Crippen LogP contribution in [-0.4, -0.2) is 18.7 Å². The number of piperidine rings is 1. The third-order valence-electron chi connectivity index (χ3n) is 2.71. The molecule has 0 radical (unpaired) electrons. The summed E-state index contributed by atoms with van der Waals surface area (Å²) in [4.78, 5) is 0. The molecule has 1 aromatic rings. The summed E-state index contributed by atoms with van der Waals surface area (Å²) in [5, 5.41) is 6.55. The van der Waals surface area contributed by atoms with Gasteiger partial charge in [-0.2, -0.15) is 0 Å². The first-order valence-corrected chi connectivity index (χ1v) is 6.01. The van der Waals surface area contributed by atoms with E-state index in [1.807, 2.05) is 0 Å². The molecular weight excluding hydrogens is 194 g/mol. The minimum absolute atomic E-state index is 0.0442. The van der Waals surface area contributed by atoms with Crippen LogP contribution in [0.3, 0.4) is 0 Å². The van der Waals surface area contributed by atoms with E-state index in [9.17, 15) is 0 Å². The predicted molar refractivity (Wildman–Crippen MR) is 60.2 cm³/mol. The minimum atomic E-state index is 0.0442. The molecule has 0 bridgehead atoms. The lowest BCUT2D eigenvalue weighted by molar-refractivity contribution is 0.0596. The van der Waals surface area contributed by atoms with Crippen LogP contribution in [0.5, 0.6) is 5.06 Å². The maximum Gasteiger partial charge on any atom is 0.174 e. The molecular formula is C11H17NOS. The van der Waals surface area contributed by atoms with Gasteiger partial charge in [0, 0.05) is 0 Å². The number of nitrogens with one attached hydrogen (secondary N) is 1. The molecule has 78 valence electrons. The van der Waals surface area contributed by atoms with E-state index < -0.39 is 0 Å². The Morgan fingerprint density at radius 1 is 1.43 bits per heavy atom. The van der Waals surface area contributed by atoms with E-state index in [2.05, 4.69) is 30.6 Å². The summed E-state index contributed by atoms with van der Waals surface area (Å²) in [6.07, 6.45) is 2.20. The van der Waals surface area contributed by atoms with Crippen LogP contribution >= 0.6 is 11.3 Å². The topological polar surface area (TPSA) is 21.3 Å². The van der Waals surface area contributed by atoms with E-state index >= 15 is 0 Å². The quantitative estimate of drug-likeness (QED) is 0.812. The van der Waals surface area contributed by atoms with Gasteiger partial charge in [-0.3, -0.25) is 0 Å². The molecule has 1 aliphatic rings. The molecule has 1 saturated heterocycles. The average Bonchev–Trinajstić information content (AvgIpc) is 2.51. The first kappa shape index (κ1) is 9.99. The number of aryl methyl sites for hydroxylation is 1. The van der Waals surface area contributed by atoms with Crippen molar-refractivity contribution in [2.45, 2.75) is 32.3 Å². The Morgan fingerprint density at radius 3 is 2.71 bits per heavy atom. The van der Waals surface area contributed by atoms with Gasteiger partial charge in [0.2, 0.25) is 0 Å². The molecule has 2 heterocycles. The molecule has 14 heavy (non-hydrogen) atoms. The van der Waals surface area contributed by atoms with Crippen LogP contribution in [0.1, 0.15) is 25.3 Å². The molecule has 1 fully saturated rings. The second-order valence-corrected chi connectivity index (χ2v) is 5.12. The molecule has 3 heteroatoms. The van der Waals surface area contributed by atoms with Crippen LogP contribution in [0.25, 0.3) is 0 Å². The highest BCUT2D eigenvalue weighted by molar-refractivity contribution is 7.12. The molecule has 1 aromatic heterocycles. The van der Waals surface area contributed by atoms with Crippen molar-refractivity contribution < 1.29 is 4.74 Å². The van der Waals surface area contributed by atoms with E-state index in [1.54, 1.807) is 11.3 Å². The maximum absolute atomic E-state index is 6.04. The average molecular weight is 211 g/mol. The van der Waals surface area contributed by atoms with Gasteiger partial charge in [0.1, 0.15) is 5.60 Å². The van der Waals surface area contributed by atoms with E-state index in [4.69, 9.17) is 4.74 Å². The van der Waals surface area contributed by atoms with Gasteiger partial charge in [0.15, 0.2) is 5.06 Å². The van der Waals surface area contributed by atoms with Crippen LogP contribution in [0, 0.1) is 6.92 Å². The zero-order valence-corrected chi connectivity index (χ0v) is 9.62. The van der Waals surface area contributed by atoms with Gasteiger partial charge >= 0.3 is 0 Å². The Kier molecular flexibility index (Phi) is 2.79. The molecule has 0 aromatic carbocycles. The SMILES string of the molecule is Cc1csc(OC2(C)CCNCC2)c1. The fourth-order valence-electron chi connectivity index (χ4n) is 1.76. The van der Waals surface area contributed by atoms with Crippen LogP contribution in [0.4, 0.5) is 0 Å². The third-order valence-corrected chi connectivity index (χ3v) is 3.64. The second-order valence-electron chi connectivity index (χ2n) is 4.25. The number of ether oxygens (including phenoxy) is 1. The van der Waals surface area contributed by atoms with Crippen LogP contribution < -0.4 is 10.1 Å². The fourth-order valence-corrected chi connectivity index (χ4v) is 2.63. The molecule has 0 spiro atoms. The van der Waals surface area contributed by atoms with Crippen LogP contribution in [-0.2, 0) is 0 Å². The fraction of sp³-hybridized carbons (Fsp3) is 0.636. The Morgan fingerprint density at radius 2 is 2.14 bits per heavy atom. The van der Waals surface area contributed by atoms with Gasteiger partial charge in [0.05, 0.1) is 0 Å². The van der Waals surface area contributed by atoms with Crippen LogP contribution in [0.15, 0.2) is 11.4 Å². The smallest absolute Gasteiger partial charge is 0.174 e. The first-order valence-electron chi connectivity index (χ1n) is 5.13. The van der Waals surface area contributed by atoms with Gasteiger partial charge < -0.3 is 10.1 Å². The minimum Gasteiger partial charge on any atom is -0.478 e. The molecule has 0 amide bonds. The monoisotopic (exact) mass is 211 g/mol. The van der Waals surface area contributed by atoms with Crippen molar-refractivity contribution in [2.24, 2.45) is 0 Å². The van der Waals surface area contributed by atoms with Crippen molar-refractivity contribution in [3.63, 3.8) is 0 Å². The van der Waals surface area contributed by atoms with Crippen molar-refractivity contribution >= 4 is 11.3 Å². The highest BCUT2D eigenvalue weighted by atomic mass is 32.1. The molecule has 2 rings (SSSR count). The third kappa shape index (κ3) is 2.28. The second kappa shape index (κ2) is 3.91. The lowest BCUT2D eigenvalue weighted by Crippen LogP contribution is -2.43. The first-order chi connectivity index (χ1) is 6.68. The standard InChI is InChI=1S/C11H17NOS/c1-9-7-10(14-8-9)13-11(2)3-5-12-6-4-11/h7-8,12H,3-6H2,1-2H3. The Bertz CT molecular complexity index is 302. The summed E-state index contributed by atoms with van der Waals surface area (Å²) in [6.45, 7) is 6.46. The molecule has 2 nitrogen and oxygen atoms in total. The van der Waals surface area contributed by atoms with Crippen molar-refractivity contribution in [1.82, 2.24) is 5.32 Å². The summed E-state index contributed by atoms with van der Waals surface area (Å²) in [5.74, 6) is 0. The summed E-state index contributed by atoms with van der Waals surface area (Å²) < 4.78 is 6.04. The van der Waals surface area contributed by atoms with Gasteiger partial charge in [0.25, 0.3) is 0 Å². The van der Waals surface area contributed by atoms with Crippen LogP contribution in [0.2, 0.25) is 0 Å². The molecule has 0 saturated carbocycles. The maximum atomic E-state index is 6.04. The highest BCUT2D eigenvalue weighted by Crippen LogP contribution is 2.30. The van der Waals surface area contributed by atoms with E-state index in [0.29, 0.717) is 0 Å². The van der Waals surface area contributed by atoms with Gasteiger partial charge in [-0.1, -0.05) is 0 Å². The van der Waals surface area contributed by atoms with Crippen molar-refractivity contribution in [2.75, 3.05) is 13.1 Å². The summed E-state index contributed by atoms with van der Waals surface area (Å²) in [6, 6.07) is 2.12. The number of rotatable bonds is 2. The van der Waals surface area contributed by atoms with E-state index in [1.165, 1.54) is 5.56 Å². The highest BCUT2D eigenvalue weighted by Gasteiger charge is 2.28. The Labute approximate surface area is 89.3 Å². The molecule has 0 atom stereocenters. The largest absolute Gasteiger partial charge is 0.478 e. The van der Waals surface area contributed by atoms with Crippen molar-refractivity contribution in [3.05, 3.63) is 17.0 Å². The molecule has 0 aliphatic carbocycles. The summed E-state index contributed by atoms with van der Waals surface area (Å²) >= 11 is 1.70. The van der Waals surface area contributed by atoms with Crippen molar-refractivity contribution in [1.29, 1.82) is 0 Å². The van der Waals surface area contributed by atoms with E-state index in [0.717, 1.165) is 31.0 Å². The van der Waals surface area contributed by atoms with Crippen molar-refractivity contribution in [3.8, 4) is 5.06 Å². The lowest BCUT2D eigenvalue weighted by atomic mass is 9.95. The number of hydrogen-bond donors (Lipinski definition) is 1. The Hall–Kier alpha value is -0.540. The van der Waals surface area contributed by atoms with Gasteiger partial charge in [-0.15, -0.1) is 11.3 Å². The molecule has 0 unspecified atom stereocenters. The van der Waals surface area contributed by atoms with E-state index in [-0.39, 0.29) is 5.60 Å². The summed E-state index contributed by atoms with van der Waals surface area (Å²) in [5.41, 5.74) is 1.34. The van der Waals surface area contributed by atoms with Gasteiger partial charge in [-0.05, 0) is 56.8 Å². The number of thiophene rings is 1. The summed E-state index contributed by atoms with van der Waals surface area (Å²) in [7, 11) is 0. The zero-order valence-electron chi connectivity index (χ0n) is 8.80. The molecule has 1 N–H and O–H groups in total. The lowest BCUT2D eigenvalue weighted by Gasteiger charge is -2.33.